The van der Waals surface area contributed by atoms with Crippen molar-refractivity contribution in [2.75, 3.05) is 13.7 Å². The third-order valence-corrected chi connectivity index (χ3v) is 3.56. The fourth-order valence-corrected chi connectivity index (χ4v) is 2.63. The summed E-state index contributed by atoms with van der Waals surface area (Å²) in [7, 11) is 1.95. The first-order valence-corrected chi connectivity index (χ1v) is 6.74. The van der Waals surface area contributed by atoms with Crippen LogP contribution in [0.3, 0.4) is 0 Å². The van der Waals surface area contributed by atoms with Gasteiger partial charge in [-0.2, -0.15) is 5.10 Å². The highest BCUT2D eigenvalue weighted by Gasteiger charge is 2.21. The average Bonchev–Trinajstić information content (AvgIpc) is 2.87. The van der Waals surface area contributed by atoms with Gasteiger partial charge >= 0.3 is 0 Å². The molecule has 1 unspecified atom stereocenters. The monoisotopic (exact) mass is 257 g/mol. The summed E-state index contributed by atoms with van der Waals surface area (Å²) in [6.07, 6.45) is 5.11. The maximum atomic E-state index is 5.70. The van der Waals surface area contributed by atoms with Crippen molar-refractivity contribution in [1.82, 2.24) is 15.1 Å². The van der Waals surface area contributed by atoms with Crippen molar-refractivity contribution in [2.24, 2.45) is 0 Å². The maximum absolute atomic E-state index is 5.70. The van der Waals surface area contributed by atoms with Crippen molar-refractivity contribution in [3.05, 3.63) is 47.8 Å². The Balaban J connectivity index is 1.76. The second-order valence-electron chi connectivity index (χ2n) is 4.97. The van der Waals surface area contributed by atoms with Gasteiger partial charge in [-0.25, -0.2) is 0 Å². The van der Waals surface area contributed by atoms with Crippen LogP contribution >= 0.6 is 0 Å². The van der Waals surface area contributed by atoms with E-state index in [9.17, 15) is 0 Å². The fraction of sp³-hybridized carbons (Fsp3) is 0.400. The zero-order valence-corrected chi connectivity index (χ0v) is 11.2. The molecule has 0 fully saturated rings. The molecule has 0 saturated heterocycles. The summed E-state index contributed by atoms with van der Waals surface area (Å²) in [5.41, 5.74) is 2.53. The van der Waals surface area contributed by atoms with Crippen molar-refractivity contribution in [3.8, 4) is 5.75 Å². The highest BCUT2D eigenvalue weighted by Crippen LogP contribution is 2.34. The second kappa shape index (κ2) is 5.45. The molecule has 1 aliphatic rings. The van der Waals surface area contributed by atoms with Crippen molar-refractivity contribution in [1.29, 1.82) is 0 Å². The zero-order valence-electron chi connectivity index (χ0n) is 11.2. The number of benzene rings is 1. The molecule has 19 heavy (non-hydrogen) atoms. The number of hydrogen-bond donors (Lipinski definition) is 1. The van der Waals surface area contributed by atoms with E-state index in [1.54, 1.807) is 0 Å². The molecular weight excluding hydrogens is 238 g/mol. The Kier molecular flexibility index (Phi) is 3.51. The van der Waals surface area contributed by atoms with Gasteiger partial charge in [-0.15, -0.1) is 0 Å². The molecule has 0 aliphatic carbocycles. The van der Waals surface area contributed by atoms with Crippen LogP contribution in [0.2, 0.25) is 0 Å². The molecule has 0 bridgehead atoms. The molecule has 1 atom stereocenters. The van der Waals surface area contributed by atoms with Crippen LogP contribution < -0.4 is 10.1 Å². The molecule has 1 N–H and O–H groups in total. The van der Waals surface area contributed by atoms with Crippen molar-refractivity contribution < 1.29 is 4.74 Å². The molecule has 2 aromatic rings. The fourth-order valence-electron chi connectivity index (χ4n) is 2.63. The minimum Gasteiger partial charge on any atom is -0.493 e. The summed E-state index contributed by atoms with van der Waals surface area (Å²) in [5.74, 6) is 1.52. The van der Waals surface area contributed by atoms with E-state index in [0.29, 0.717) is 5.92 Å². The van der Waals surface area contributed by atoms with Gasteiger partial charge in [0.05, 0.1) is 12.8 Å². The van der Waals surface area contributed by atoms with Crippen LogP contribution in [-0.2, 0) is 13.1 Å². The summed E-state index contributed by atoms with van der Waals surface area (Å²) in [5, 5.41) is 7.58. The third-order valence-electron chi connectivity index (χ3n) is 3.56. The predicted molar refractivity (Wildman–Crippen MR) is 74.3 cm³/mol. The topological polar surface area (TPSA) is 39.1 Å². The second-order valence-corrected chi connectivity index (χ2v) is 4.97. The highest BCUT2D eigenvalue weighted by atomic mass is 16.5. The Morgan fingerprint density at radius 3 is 3.21 bits per heavy atom. The van der Waals surface area contributed by atoms with Crippen LogP contribution in [0.15, 0.2) is 36.7 Å². The van der Waals surface area contributed by atoms with E-state index in [0.717, 1.165) is 31.9 Å². The lowest BCUT2D eigenvalue weighted by Gasteiger charge is -2.25. The summed E-state index contributed by atoms with van der Waals surface area (Å²) in [4.78, 5) is 0. The maximum Gasteiger partial charge on any atom is 0.122 e. The first-order chi connectivity index (χ1) is 9.36. The molecule has 0 radical (unpaired) electrons. The van der Waals surface area contributed by atoms with E-state index in [1.807, 2.05) is 24.0 Å². The van der Waals surface area contributed by atoms with Crippen LogP contribution in [0.4, 0.5) is 0 Å². The van der Waals surface area contributed by atoms with Gasteiger partial charge in [-0.1, -0.05) is 18.2 Å². The third kappa shape index (κ3) is 2.63. The number of hydrogen-bond acceptors (Lipinski definition) is 3. The van der Waals surface area contributed by atoms with Gasteiger partial charge < -0.3 is 10.1 Å². The molecule has 0 spiro atoms. The number of nitrogens with zero attached hydrogens (tertiary/aromatic N) is 2. The van der Waals surface area contributed by atoms with E-state index < -0.39 is 0 Å². The Morgan fingerprint density at radius 1 is 1.42 bits per heavy atom. The number of fused-ring (bicyclic) bond motifs is 1. The quantitative estimate of drug-likeness (QED) is 0.912. The molecule has 1 aromatic heterocycles. The van der Waals surface area contributed by atoms with Gasteiger partial charge in [0.1, 0.15) is 5.75 Å². The largest absolute Gasteiger partial charge is 0.493 e. The van der Waals surface area contributed by atoms with Crippen molar-refractivity contribution in [2.45, 2.75) is 25.4 Å². The molecule has 4 heteroatoms. The first-order valence-electron chi connectivity index (χ1n) is 6.74. The Labute approximate surface area is 113 Å². The lowest BCUT2D eigenvalue weighted by Crippen LogP contribution is -2.18. The van der Waals surface area contributed by atoms with Gasteiger partial charge in [0, 0.05) is 30.8 Å². The minimum atomic E-state index is 0.493. The smallest absolute Gasteiger partial charge is 0.122 e. The van der Waals surface area contributed by atoms with E-state index >= 15 is 0 Å². The molecule has 0 saturated carbocycles. The minimum absolute atomic E-state index is 0.493. The van der Waals surface area contributed by atoms with Crippen LogP contribution in [-0.4, -0.2) is 23.4 Å². The highest BCUT2D eigenvalue weighted by molar-refractivity contribution is 5.37. The van der Waals surface area contributed by atoms with E-state index in [1.165, 1.54) is 11.1 Å². The molecule has 4 nitrogen and oxygen atoms in total. The number of aromatic nitrogens is 2. The summed E-state index contributed by atoms with van der Waals surface area (Å²) >= 11 is 0. The number of ether oxygens (including phenoxy) is 1. The SMILES string of the molecule is CNCc1cnn(CC2CCOc3ccccc32)c1. The van der Waals surface area contributed by atoms with E-state index in [4.69, 9.17) is 4.74 Å². The Hall–Kier alpha value is -1.81. The molecule has 2 heterocycles. The Bertz CT molecular complexity index is 550. The summed E-state index contributed by atoms with van der Waals surface area (Å²) < 4.78 is 7.74. The van der Waals surface area contributed by atoms with Crippen LogP contribution in [0.25, 0.3) is 0 Å². The van der Waals surface area contributed by atoms with E-state index in [-0.39, 0.29) is 0 Å². The Morgan fingerprint density at radius 2 is 2.32 bits per heavy atom. The van der Waals surface area contributed by atoms with Gasteiger partial charge in [-0.3, -0.25) is 4.68 Å². The van der Waals surface area contributed by atoms with Gasteiger partial charge in [-0.05, 0) is 25.1 Å². The van der Waals surface area contributed by atoms with Gasteiger partial charge in [0.25, 0.3) is 0 Å². The molecule has 0 amide bonds. The lowest BCUT2D eigenvalue weighted by atomic mass is 9.93. The van der Waals surface area contributed by atoms with Gasteiger partial charge in [0.2, 0.25) is 0 Å². The zero-order chi connectivity index (χ0) is 13.1. The molecule has 1 aliphatic heterocycles. The van der Waals surface area contributed by atoms with E-state index in [2.05, 4.69) is 34.8 Å². The standard InChI is InChI=1S/C15H19N3O/c1-16-8-12-9-17-18(10-12)11-13-6-7-19-15-5-3-2-4-14(13)15/h2-5,9-10,13,16H,6-8,11H2,1H3. The van der Waals surface area contributed by atoms with Gasteiger partial charge in [0.15, 0.2) is 0 Å². The number of para-hydroxylation sites is 1. The lowest BCUT2D eigenvalue weighted by molar-refractivity contribution is 0.256. The summed E-state index contributed by atoms with van der Waals surface area (Å²) in [6, 6.07) is 8.32. The van der Waals surface area contributed by atoms with Crippen LogP contribution in [0.5, 0.6) is 5.75 Å². The number of nitrogens with one attached hydrogen (secondary N) is 1. The van der Waals surface area contributed by atoms with Crippen molar-refractivity contribution >= 4 is 0 Å². The molecular formula is C15H19N3O. The first kappa shape index (κ1) is 12.2. The van der Waals surface area contributed by atoms with Crippen LogP contribution in [0.1, 0.15) is 23.5 Å². The predicted octanol–water partition coefficient (Wildman–Crippen LogP) is 2.17. The van der Waals surface area contributed by atoms with Crippen LogP contribution in [0, 0.1) is 0 Å². The normalized spacial score (nSPS) is 17.8. The van der Waals surface area contributed by atoms with Crippen molar-refractivity contribution in [3.63, 3.8) is 0 Å². The molecule has 3 rings (SSSR count). The average molecular weight is 257 g/mol. The molecule has 1 aromatic carbocycles. The summed E-state index contributed by atoms with van der Waals surface area (Å²) in [6.45, 7) is 2.58. The molecule has 100 valence electrons. The number of rotatable bonds is 4.